The number of rotatable bonds is 4. The molecule has 3 N–H and O–H groups in total. The predicted molar refractivity (Wildman–Crippen MR) is 76.7 cm³/mol. The number of aliphatic hydroxyl groups is 1. The van der Waals surface area contributed by atoms with E-state index in [2.05, 4.69) is 0 Å². The minimum absolute atomic E-state index is 0.0170. The number of hydrogen-bond donors (Lipinski definition) is 2. The fraction of sp³-hybridized carbons (Fsp3) is 0.500. The number of halogens is 1. The second-order valence-corrected chi connectivity index (χ2v) is 7.64. The summed E-state index contributed by atoms with van der Waals surface area (Å²) >= 11 is 5.91. The number of anilines is 1. The van der Waals surface area contributed by atoms with Crippen molar-refractivity contribution >= 4 is 27.3 Å². The van der Waals surface area contributed by atoms with Crippen molar-refractivity contribution in [1.82, 2.24) is 4.31 Å². The minimum Gasteiger partial charge on any atom is -0.397 e. The van der Waals surface area contributed by atoms with E-state index in [1.165, 1.54) is 19.2 Å². The fourth-order valence-corrected chi connectivity index (χ4v) is 3.28. The van der Waals surface area contributed by atoms with Gasteiger partial charge in [0.1, 0.15) is 0 Å². The van der Waals surface area contributed by atoms with E-state index in [1.54, 1.807) is 20.8 Å². The molecule has 0 aliphatic heterocycles. The highest BCUT2D eigenvalue weighted by Gasteiger charge is 2.27. The van der Waals surface area contributed by atoms with Crippen molar-refractivity contribution in [3.63, 3.8) is 0 Å². The Morgan fingerprint density at radius 2 is 1.95 bits per heavy atom. The van der Waals surface area contributed by atoms with Crippen LogP contribution in [0, 0.1) is 6.92 Å². The molecular weight excluding hydrogens is 288 g/mol. The summed E-state index contributed by atoms with van der Waals surface area (Å²) in [6.45, 7) is 4.76. The summed E-state index contributed by atoms with van der Waals surface area (Å²) in [5.74, 6) is 0. The van der Waals surface area contributed by atoms with Crippen molar-refractivity contribution in [2.45, 2.75) is 31.3 Å². The number of aryl methyl sites for hydroxylation is 1. The van der Waals surface area contributed by atoms with E-state index in [9.17, 15) is 13.5 Å². The molecule has 0 bridgehead atoms. The van der Waals surface area contributed by atoms with Crippen LogP contribution in [-0.2, 0) is 10.0 Å². The molecule has 5 nitrogen and oxygen atoms in total. The predicted octanol–water partition coefficient (Wildman–Crippen LogP) is 1.62. The van der Waals surface area contributed by atoms with Gasteiger partial charge in [0.25, 0.3) is 0 Å². The first-order chi connectivity index (χ1) is 8.45. The number of likely N-dealkylation sites (N-methyl/N-ethyl adjacent to an activating group) is 1. The molecule has 1 rings (SSSR count). The van der Waals surface area contributed by atoms with Crippen molar-refractivity contribution in [2.24, 2.45) is 0 Å². The van der Waals surface area contributed by atoms with Crippen LogP contribution in [0.2, 0.25) is 5.02 Å². The standard InChI is InChI=1S/C12H19ClN2O3S/c1-8-5-9(6-10(14)11(8)13)19(17,18)15(4)7-12(2,3)16/h5-6,16H,7,14H2,1-4H3. The molecule has 0 heterocycles. The third-order valence-electron chi connectivity index (χ3n) is 2.57. The Bertz CT molecular complexity index is 556. The number of benzene rings is 1. The maximum absolute atomic E-state index is 12.3. The van der Waals surface area contributed by atoms with Crippen LogP contribution in [-0.4, -0.2) is 37.0 Å². The summed E-state index contributed by atoms with van der Waals surface area (Å²) in [6, 6.07) is 2.79. The van der Waals surface area contributed by atoms with Gasteiger partial charge >= 0.3 is 0 Å². The molecule has 1 aromatic rings. The summed E-state index contributed by atoms with van der Waals surface area (Å²) < 4.78 is 25.8. The van der Waals surface area contributed by atoms with Gasteiger partial charge < -0.3 is 10.8 Å². The lowest BCUT2D eigenvalue weighted by Crippen LogP contribution is -2.39. The van der Waals surface area contributed by atoms with Gasteiger partial charge in [-0.15, -0.1) is 0 Å². The molecule has 0 saturated carbocycles. The smallest absolute Gasteiger partial charge is 0.243 e. The van der Waals surface area contributed by atoms with Crippen LogP contribution in [0.3, 0.4) is 0 Å². The zero-order chi connectivity index (χ0) is 15.0. The number of nitrogen functional groups attached to an aromatic ring is 1. The first-order valence-corrected chi connectivity index (χ1v) is 7.51. The Hall–Kier alpha value is -0.820. The molecule has 0 fully saturated rings. The van der Waals surface area contributed by atoms with Gasteiger partial charge in [0, 0.05) is 13.6 Å². The van der Waals surface area contributed by atoms with Crippen molar-refractivity contribution < 1.29 is 13.5 Å². The molecular formula is C12H19ClN2O3S. The molecule has 7 heteroatoms. The Morgan fingerprint density at radius 3 is 2.37 bits per heavy atom. The molecule has 0 aliphatic carbocycles. The first-order valence-electron chi connectivity index (χ1n) is 5.69. The monoisotopic (exact) mass is 306 g/mol. The molecule has 0 unspecified atom stereocenters. The quantitative estimate of drug-likeness (QED) is 0.828. The van der Waals surface area contributed by atoms with E-state index in [0.29, 0.717) is 10.6 Å². The maximum Gasteiger partial charge on any atom is 0.243 e. The molecule has 0 amide bonds. The SMILES string of the molecule is Cc1cc(S(=O)(=O)N(C)CC(C)(C)O)cc(N)c1Cl. The summed E-state index contributed by atoms with van der Waals surface area (Å²) in [6.07, 6.45) is 0. The highest BCUT2D eigenvalue weighted by molar-refractivity contribution is 7.89. The Kier molecular flexibility index (Phi) is 4.51. The highest BCUT2D eigenvalue weighted by Crippen LogP contribution is 2.28. The Morgan fingerprint density at radius 1 is 1.42 bits per heavy atom. The van der Waals surface area contributed by atoms with Gasteiger partial charge in [-0.05, 0) is 38.5 Å². The van der Waals surface area contributed by atoms with Gasteiger partial charge in [0.2, 0.25) is 10.0 Å². The fourth-order valence-electron chi connectivity index (χ4n) is 1.72. The van der Waals surface area contributed by atoms with E-state index >= 15 is 0 Å². The molecule has 0 radical (unpaired) electrons. The third-order valence-corrected chi connectivity index (χ3v) is 4.87. The van der Waals surface area contributed by atoms with E-state index < -0.39 is 15.6 Å². The van der Waals surface area contributed by atoms with Crippen molar-refractivity contribution in [2.75, 3.05) is 19.3 Å². The van der Waals surface area contributed by atoms with E-state index in [1.807, 2.05) is 0 Å². The number of hydrogen-bond acceptors (Lipinski definition) is 4. The van der Waals surface area contributed by atoms with Crippen LogP contribution < -0.4 is 5.73 Å². The zero-order valence-corrected chi connectivity index (χ0v) is 13.0. The van der Waals surface area contributed by atoms with Crippen LogP contribution in [0.15, 0.2) is 17.0 Å². The Balaban J connectivity index is 3.21. The minimum atomic E-state index is -3.70. The molecule has 108 valence electrons. The zero-order valence-electron chi connectivity index (χ0n) is 11.4. The average molecular weight is 307 g/mol. The molecule has 0 atom stereocenters. The van der Waals surface area contributed by atoms with Crippen molar-refractivity contribution in [3.8, 4) is 0 Å². The van der Waals surface area contributed by atoms with Gasteiger partial charge in [0.15, 0.2) is 0 Å². The number of nitrogens with zero attached hydrogens (tertiary/aromatic N) is 1. The third kappa shape index (κ3) is 3.82. The number of nitrogens with two attached hydrogens (primary N) is 1. The summed E-state index contributed by atoms with van der Waals surface area (Å²) in [7, 11) is -2.29. The normalized spacial score (nSPS) is 13.0. The Labute approximate surface area is 119 Å². The van der Waals surface area contributed by atoms with Gasteiger partial charge in [-0.3, -0.25) is 0 Å². The van der Waals surface area contributed by atoms with Crippen LogP contribution in [0.4, 0.5) is 5.69 Å². The molecule has 0 aliphatic rings. The van der Waals surface area contributed by atoms with Crippen LogP contribution in [0.5, 0.6) is 0 Å². The van der Waals surface area contributed by atoms with Gasteiger partial charge in [-0.2, -0.15) is 4.31 Å². The lowest BCUT2D eigenvalue weighted by molar-refractivity contribution is 0.0640. The molecule has 1 aromatic carbocycles. The molecule has 0 spiro atoms. The highest BCUT2D eigenvalue weighted by atomic mass is 35.5. The number of sulfonamides is 1. The maximum atomic E-state index is 12.3. The van der Waals surface area contributed by atoms with E-state index in [0.717, 1.165) is 4.31 Å². The summed E-state index contributed by atoms with van der Waals surface area (Å²) in [5, 5.41) is 10.1. The second kappa shape index (κ2) is 5.28. The van der Waals surface area contributed by atoms with Gasteiger partial charge in [-0.1, -0.05) is 11.6 Å². The van der Waals surface area contributed by atoms with Crippen LogP contribution in [0.25, 0.3) is 0 Å². The topological polar surface area (TPSA) is 83.6 Å². The van der Waals surface area contributed by atoms with Gasteiger partial charge in [0.05, 0.1) is 21.2 Å². The van der Waals surface area contributed by atoms with Crippen LogP contribution >= 0.6 is 11.6 Å². The van der Waals surface area contributed by atoms with Crippen molar-refractivity contribution in [3.05, 3.63) is 22.7 Å². The summed E-state index contributed by atoms with van der Waals surface area (Å²) in [5.41, 5.74) is 5.38. The van der Waals surface area contributed by atoms with Crippen LogP contribution in [0.1, 0.15) is 19.4 Å². The summed E-state index contributed by atoms with van der Waals surface area (Å²) in [4.78, 5) is 0.0682. The van der Waals surface area contributed by atoms with Crippen molar-refractivity contribution in [1.29, 1.82) is 0 Å². The molecule has 0 aromatic heterocycles. The second-order valence-electron chi connectivity index (χ2n) is 5.22. The first kappa shape index (κ1) is 16.2. The van der Waals surface area contributed by atoms with Gasteiger partial charge in [-0.25, -0.2) is 8.42 Å². The molecule has 0 saturated heterocycles. The average Bonchev–Trinajstić information content (AvgIpc) is 2.22. The lowest BCUT2D eigenvalue weighted by atomic mass is 10.1. The largest absolute Gasteiger partial charge is 0.397 e. The lowest BCUT2D eigenvalue weighted by Gasteiger charge is -2.25. The van der Waals surface area contributed by atoms with E-state index in [4.69, 9.17) is 17.3 Å². The van der Waals surface area contributed by atoms with E-state index in [-0.39, 0.29) is 17.1 Å². The molecule has 19 heavy (non-hydrogen) atoms.